The normalized spacial score (nSPS) is 11.6. The van der Waals surface area contributed by atoms with Gasteiger partial charge in [0.1, 0.15) is 11.5 Å². The minimum Gasteiger partial charge on any atom is -0.497 e. The van der Waals surface area contributed by atoms with Crippen molar-refractivity contribution in [2.45, 2.75) is 16.7 Å². The number of benzene rings is 3. The van der Waals surface area contributed by atoms with Crippen LogP contribution in [0, 0.1) is 6.92 Å². The molecule has 0 atom stereocenters. The van der Waals surface area contributed by atoms with E-state index in [2.05, 4.69) is 9.44 Å². The van der Waals surface area contributed by atoms with Crippen molar-refractivity contribution in [3.63, 3.8) is 0 Å². The van der Waals surface area contributed by atoms with Crippen molar-refractivity contribution in [2.75, 3.05) is 23.7 Å². The average molecular weight is 463 g/mol. The molecule has 3 aromatic carbocycles. The number of hydrogen-bond donors (Lipinski definition) is 2. The summed E-state index contributed by atoms with van der Waals surface area (Å²) in [6.07, 6.45) is 0. The number of aryl methyl sites for hydroxylation is 1. The first-order valence-corrected chi connectivity index (χ1v) is 12.1. The number of methoxy groups -OCH3 is 2. The lowest BCUT2D eigenvalue weighted by atomic mass is 10.2. The molecule has 0 saturated carbocycles. The Morgan fingerprint density at radius 1 is 0.742 bits per heavy atom. The summed E-state index contributed by atoms with van der Waals surface area (Å²) < 4.78 is 66.5. The Morgan fingerprint density at radius 2 is 1.42 bits per heavy atom. The maximum absolute atomic E-state index is 13.0. The first-order chi connectivity index (χ1) is 14.7. The second-order valence-electron chi connectivity index (χ2n) is 6.57. The van der Waals surface area contributed by atoms with Crippen LogP contribution < -0.4 is 18.9 Å². The van der Waals surface area contributed by atoms with Crippen molar-refractivity contribution in [3.05, 3.63) is 72.3 Å². The maximum atomic E-state index is 13.0. The lowest BCUT2D eigenvalue weighted by Crippen LogP contribution is -2.17. The molecule has 3 rings (SSSR count). The fourth-order valence-electron chi connectivity index (χ4n) is 2.85. The van der Waals surface area contributed by atoms with E-state index in [1.165, 1.54) is 56.7 Å². The molecular weight excluding hydrogens is 440 g/mol. The standard InChI is InChI=1S/C21H22N2O6S2/c1-15-8-9-16(22-30(24,25)18-12-10-17(28-2)11-13-18)14-21(15)31(26,27)23-19-6-4-5-7-20(19)29-3/h4-14,22-23H,1-3H3. The SMILES string of the molecule is COc1ccc(S(=O)(=O)Nc2ccc(C)c(S(=O)(=O)Nc3ccccc3OC)c2)cc1. The monoisotopic (exact) mass is 462 g/mol. The van der Waals surface area contributed by atoms with Gasteiger partial charge in [0.05, 0.1) is 35.4 Å². The molecule has 0 aliphatic heterocycles. The number of ether oxygens (including phenoxy) is 2. The van der Waals surface area contributed by atoms with Gasteiger partial charge in [-0.15, -0.1) is 0 Å². The molecule has 164 valence electrons. The summed E-state index contributed by atoms with van der Waals surface area (Å²) in [6.45, 7) is 1.62. The number of hydrogen-bond acceptors (Lipinski definition) is 6. The molecule has 0 fully saturated rings. The molecule has 0 saturated heterocycles. The van der Waals surface area contributed by atoms with Crippen molar-refractivity contribution in [1.29, 1.82) is 0 Å². The molecule has 8 nitrogen and oxygen atoms in total. The van der Waals surface area contributed by atoms with Gasteiger partial charge in [-0.25, -0.2) is 16.8 Å². The smallest absolute Gasteiger partial charge is 0.262 e. The summed E-state index contributed by atoms with van der Waals surface area (Å²) in [6, 6.07) is 16.7. The second-order valence-corrected chi connectivity index (χ2v) is 9.90. The van der Waals surface area contributed by atoms with Gasteiger partial charge in [0.2, 0.25) is 0 Å². The molecule has 0 bridgehead atoms. The predicted octanol–water partition coefficient (Wildman–Crippen LogP) is 3.61. The molecular formula is C21H22N2O6S2. The number of para-hydroxylation sites is 2. The van der Waals surface area contributed by atoms with Gasteiger partial charge in [-0.05, 0) is 61.0 Å². The van der Waals surface area contributed by atoms with E-state index in [9.17, 15) is 16.8 Å². The summed E-state index contributed by atoms with van der Waals surface area (Å²) in [5, 5.41) is 0. The van der Waals surface area contributed by atoms with Gasteiger partial charge >= 0.3 is 0 Å². The van der Waals surface area contributed by atoms with Crippen molar-refractivity contribution < 1.29 is 26.3 Å². The molecule has 31 heavy (non-hydrogen) atoms. The van der Waals surface area contributed by atoms with Crippen molar-refractivity contribution in [1.82, 2.24) is 0 Å². The molecule has 0 unspecified atom stereocenters. The first-order valence-electron chi connectivity index (χ1n) is 9.09. The third kappa shape index (κ3) is 5.09. The Kier molecular flexibility index (Phi) is 6.42. The summed E-state index contributed by atoms with van der Waals surface area (Å²) in [4.78, 5) is -0.0428. The van der Waals surface area contributed by atoms with E-state index in [1.54, 1.807) is 31.2 Å². The highest BCUT2D eigenvalue weighted by atomic mass is 32.2. The van der Waals surface area contributed by atoms with Gasteiger partial charge in [-0.3, -0.25) is 9.44 Å². The van der Waals surface area contributed by atoms with Crippen LogP contribution in [0.2, 0.25) is 0 Å². The van der Waals surface area contributed by atoms with E-state index in [0.717, 1.165) is 0 Å². The third-order valence-corrected chi connectivity index (χ3v) is 7.36. The van der Waals surface area contributed by atoms with E-state index in [-0.39, 0.29) is 21.2 Å². The van der Waals surface area contributed by atoms with Gasteiger partial charge in [0.25, 0.3) is 20.0 Å². The fourth-order valence-corrected chi connectivity index (χ4v) is 5.24. The molecule has 0 spiro atoms. The average Bonchev–Trinajstić information content (AvgIpc) is 2.75. The van der Waals surface area contributed by atoms with E-state index in [4.69, 9.17) is 9.47 Å². The lowest BCUT2D eigenvalue weighted by molar-refractivity contribution is 0.414. The molecule has 0 radical (unpaired) electrons. The molecule has 2 N–H and O–H groups in total. The first kappa shape index (κ1) is 22.4. The van der Waals surface area contributed by atoms with E-state index in [0.29, 0.717) is 17.1 Å². The van der Waals surface area contributed by atoms with Crippen molar-refractivity contribution in [2.24, 2.45) is 0 Å². The molecule has 0 aromatic heterocycles. The number of rotatable bonds is 8. The lowest BCUT2D eigenvalue weighted by Gasteiger charge is -2.15. The zero-order valence-electron chi connectivity index (χ0n) is 17.1. The summed E-state index contributed by atoms with van der Waals surface area (Å²) in [7, 11) is -5.01. The molecule has 0 amide bonds. The van der Waals surface area contributed by atoms with Crippen LogP contribution in [0.1, 0.15) is 5.56 Å². The largest absolute Gasteiger partial charge is 0.497 e. The van der Waals surface area contributed by atoms with Crippen molar-refractivity contribution in [3.8, 4) is 11.5 Å². The van der Waals surface area contributed by atoms with Crippen LogP contribution in [0.3, 0.4) is 0 Å². The van der Waals surface area contributed by atoms with Crippen LogP contribution in [-0.2, 0) is 20.0 Å². The quantitative estimate of drug-likeness (QED) is 0.529. The van der Waals surface area contributed by atoms with Gasteiger partial charge in [-0.1, -0.05) is 18.2 Å². The number of nitrogens with one attached hydrogen (secondary N) is 2. The molecule has 3 aromatic rings. The zero-order chi connectivity index (χ0) is 22.6. The van der Waals surface area contributed by atoms with E-state index >= 15 is 0 Å². The summed E-state index contributed by atoms with van der Waals surface area (Å²) in [5.41, 5.74) is 0.838. The molecule has 10 heteroatoms. The number of anilines is 2. The predicted molar refractivity (Wildman–Crippen MR) is 119 cm³/mol. The molecule has 0 aliphatic carbocycles. The number of sulfonamides is 2. The van der Waals surface area contributed by atoms with Crippen LogP contribution in [0.15, 0.2) is 76.5 Å². The van der Waals surface area contributed by atoms with E-state index < -0.39 is 20.0 Å². The highest BCUT2D eigenvalue weighted by molar-refractivity contribution is 7.93. The minimum atomic E-state index is -4.01. The van der Waals surface area contributed by atoms with Gasteiger partial charge < -0.3 is 9.47 Å². The topological polar surface area (TPSA) is 111 Å². The Labute approximate surface area is 181 Å². The zero-order valence-corrected chi connectivity index (χ0v) is 18.7. The summed E-state index contributed by atoms with van der Waals surface area (Å²) in [5.74, 6) is 0.880. The van der Waals surface area contributed by atoms with E-state index in [1.807, 2.05) is 0 Å². The Balaban J connectivity index is 1.92. The van der Waals surface area contributed by atoms with Gasteiger partial charge in [0, 0.05) is 0 Å². The summed E-state index contributed by atoms with van der Waals surface area (Å²) >= 11 is 0. The highest BCUT2D eigenvalue weighted by Gasteiger charge is 2.21. The van der Waals surface area contributed by atoms with Crippen LogP contribution in [0.4, 0.5) is 11.4 Å². The van der Waals surface area contributed by atoms with Gasteiger partial charge in [-0.2, -0.15) is 0 Å². The van der Waals surface area contributed by atoms with Crippen LogP contribution in [0.5, 0.6) is 11.5 Å². The van der Waals surface area contributed by atoms with Crippen LogP contribution in [-0.4, -0.2) is 31.1 Å². The molecule has 0 heterocycles. The van der Waals surface area contributed by atoms with Crippen molar-refractivity contribution >= 4 is 31.4 Å². The Morgan fingerprint density at radius 3 is 2.06 bits per heavy atom. The minimum absolute atomic E-state index is 0.0189. The second kappa shape index (κ2) is 8.86. The Hall–Kier alpha value is -3.24. The van der Waals surface area contributed by atoms with Crippen LogP contribution >= 0.6 is 0 Å². The fraction of sp³-hybridized carbons (Fsp3) is 0.143. The van der Waals surface area contributed by atoms with Gasteiger partial charge in [0.15, 0.2) is 0 Å². The molecule has 0 aliphatic rings. The maximum Gasteiger partial charge on any atom is 0.262 e. The van der Waals surface area contributed by atoms with Crippen LogP contribution in [0.25, 0.3) is 0 Å². The highest BCUT2D eigenvalue weighted by Crippen LogP contribution is 2.29. The third-order valence-electron chi connectivity index (χ3n) is 4.45. The Bertz CT molecular complexity index is 1290.